The number of carbonyl (C=O) groups is 1. The van der Waals surface area contributed by atoms with Gasteiger partial charge in [0.05, 0.1) is 5.92 Å². The topological polar surface area (TPSA) is 54.0 Å². The minimum Gasteiger partial charge on any atom is -0.310 e. The van der Waals surface area contributed by atoms with Gasteiger partial charge in [-0.1, -0.05) is 0 Å². The van der Waals surface area contributed by atoms with Gasteiger partial charge in [0.1, 0.15) is 5.82 Å². The number of halogens is 1. The van der Waals surface area contributed by atoms with Gasteiger partial charge < -0.3 is 10.6 Å². The molecule has 0 radical (unpaired) electrons. The van der Waals surface area contributed by atoms with Crippen molar-refractivity contribution in [3.8, 4) is 0 Å². The summed E-state index contributed by atoms with van der Waals surface area (Å²) >= 11 is 3.40. The lowest BCUT2D eigenvalue weighted by Crippen LogP contribution is -2.33. The second-order valence-electron chi connectivity index (χ2n) is 5.20. The highest BCUT2D eigenvalue weighted by Crippen LogP contribution is 2.33. The summed E-state index contributed by atoms with van der Waals surface area (Å²) in [6, 6.07) is 2.81. The largest absolute Gasteiger partial charge is 0.310 e. The molecule has 0 spiro atoms. The Morgan fingerprint density at radius 2 is 2.39 bits per heavy atom. The Hall–Kier alpha value is -0.940. The van der Waals surface area contributed by atoms with Crippen molar-refractivity contribution in [2.75, 3.05) is 5.32 Å². The number of aromatic nitrogens is 1. The predicted molar refractivity (Wildman–Crippen MR) is 73.4 cm³/mol. The summed E-state index contributed by atoms with van der Waals surface area (Å²) in [5.74, 6) is 0.849. The van der Waals surface area contributed by atoms with E-state index in [-0.39, 0.29) is 11.8 Å². The number of hydrogen-bond acceptors (Lipinski definition) is 3. The van der Waals surface area contributed by atoms with E-state index in [0.717, 1.165) is 22.9 Å². The van der Waals surface area contributed by atoms with Crippen LogP contribution in [0.5, 0.6) is 0 Å². The highest BCUT2D eigenvalue weighted by molar-refractivity contribution is 9.10. The molecule has 5 heteroatoms. The Morgan fingerprint density at radius 3 is 3.00 bits per heavy atom. The molecule has 1 aromatic heterocycles. The molecule has 2 N–H and O–H groups in total. The normalized spacial score (nSPS) is 29.6. The molecule has 1 aromatic rings. The van der Waals surface area contributed by atoms with E-state index in [9.17, 15) is 4.79 Å². The van der Waals surface area contributed by atoms with Gasteiger partial charge in [-0.25, -0.2) is 4.98 Å². The molecule has 3 rings (SSSR count). The second-order valence-corrected chi connectivity index (χ2v) is 6.05. The van der Waals surface area contributed by atoms with Crippen LogP contribution in [-0.4, -0.2) is 23.0 Å². The lowest BCUT2D eigenvalue weighted by Gasteiger charge is -2.19. The lowest BCUT2D eigenvalue weighted by molar-refractivity contribution is -0.120. The first-order valence-corrected chi connectivity index (χ1v) is 7.12. The van der Waals surface area contributed by atoms with Gasteiger partial charge in [0.25, 0.3) is 0 Å². The van der Waals surface area contributed by atoms with Gasteiger partial charge in [-0.15, -0.1) is 0 Å². The van der Waals surface area contributed by atoms with Gasteiger partial charge in [0.15, 0.2) is 0 Å². The van der Waals surface area contributed by atoms with Crippen molar-refractivity contribution in [1.29, 1.82) is 0 Å². The standard InChI is InChI=1S/C13H16BrN3O/c1-7-4-12(15-6-10(7)14)17-13(18)9-5-8-2-3-11(9)16-8/h4,6,8-9,11,16H,2-3,5H2,1H3,(H,15,17,18). The Bertz CT molecular complexity index is 491. The minimum absolute atomic E-state index is 0.101. The molecule has 2 fully saturated rings. The first kappa shape index (κ1) is 12.1. The van der Waals surface area contributed by atoms with E-state index in [1.54, 1.807) is 6.20 Å². The summed E-state index contributed by atoms with van der Waals surface area (Å²) in [5.41, 5.74) is 1.08. The molecule has 2 aliphatic rings. The third kappa shape index (κ3) is 2.17. The van der Waals surface area contributed by atoms with Crippen molar-refractivity contribution in [1.82, 2.24) is 10.3 Å². The Balaban J connectivity index is 1.69. The third-order valence-corrected chi connectivity index (χ3v) is 4.77. The van der Waals surface area contributed by atoms with E-state index < -0.39 is 0 Å². The lowest BCUT2D eigenvalue weighted by atomic mass is 9.88. The van der Waals surface area contributed by atoms with Gasteiger partial charge in [-0.3, -0.25) is 4.79 Å². The van der Waals surface area contributed by atoms with E-state index in [1.807, 2.05) is 13.0 Å². The van der Waals surface area contributed by atoms with Crippen LogP contribution in [-0.2, 0) is 4.79 Å². The Labute approximate surface area is 115 Å². The smallest absolute Gasteiger partial charge is 0.230 e. The molecule has 0 aliphatic carbocycles. The monoisotopic (exact) mass is 309 g/mol. The SMILES string of the molecule is Cc1cc(NC(=O)C2CC3CCC2N3)ncc1Br. The molecule has 0 aromatic carbocycles. The maximum atomic E-state index is 12.2. The van der Waals surface area contributed by atoms with Crippen molar-refractivity contribution in [3.63, 3.8) is 0 Å². The number of hydrogen-bond donors (Lipinski definition) is 2. The fourth-order valence-electron chi connectivity index (χ4n) is 2.94. The number of amides is 1. The fraction of sp³-hybridized carbons (Fsp3) is 0.538. The average molecular weight is 310 g/mol. The molecule has 2 aliphatic heterocycles. The van der Waals surface area contributed by atoms with Crippen LogP contribution in [0.25, 0.3) is 0 Å². The molecule has 18 heavy (non-hydrogen) atoms. The number of aryl methyl sites for hydroxylation is 1. The van der Waals surface area contributed by atoms with Crippen LogP contribution in [0.3, 0.4) is 0 Å². The van der Waals surface area contributed by atoms with Gasteiger partial charge in [-0.2, -0.15) is 0 Å². The summed E-state index contributed by atoms with van der Waals surface area (Å²) in [6.45, 7) is 1.99. The van der Waals surface area contributed by atoms with E-state index in [4.69, 9.17) is 0 Å². The van der Waals surface area contributed by atoms with E-state index in [0.29, 0.717) is 17.9 Å². The summed E-state index contributed by atoms with van der Waals surface area (Å²) in [5, 5.41) is 6.40. The number of nitrogens with zero attached hydrogens (tertiary/aromatic N) is 1. The zero-order chi connectivity index (χ0) is 12.7. The van der Waals surface area contributed by atoms with Gasteiger partial charge >= 0.3 is 0 Å². The van der Waals surface area contributed by atoms with Crippen LogP contribution in [0, 0.1) is 12.8 Å². The van der Waals surface area contributed by atoms with Crippen molar-refractivity contribution >= 4 is 27.7 Å². The molecule has 2 bridgehead atoms. The fourth-order valence-corrected chi connectivity index (χ4v) is 3.16. The van der Waals surface area contributed by atoms with Gasteiger partial charge in [0.2, 0.25) is 5.91 Å². The number of fused-ring (bicyclic) bond motifs is 2. The second kappa shape index (κ2) is 4.63. The zero-order valence-corrected chi connectivity index (χ0v) is 11.8. The van der Waals surface area contributed by atoms with Crippen LogP contribution in [0.4, 0.5) is 5.82 Å². The van der Waals surface area contributed by atoms with Crippen molar-refractivity contribution in [2.45, 2.75) is 38.3 Å². The zero-order valence-electron chi connectivity index (χ0n) is 10.2. The van der Waals surface area contributed by atoms with E-state index >= 15 is 0 Å². The summed E-state index contributed by atoms with van der Waals surface area (Å²) in [6.07, 6.45) is 5.02. The first-order chi connectivity index (χ1) is 8.63. The molecule has 2 saturated heterocycles. The molecule has 3 heterocycles. The maximum absolute atomic E-state index is 12.2. The number of pyridine rings is 1. The number of carbonyl (C=O) groups excluding carboxylic acids is 1. The van der Waals surface area contributed by atoms with Crippen LogP contribution >= 0.6 is 15.9 Å². The van der Waals surface area contributed by atoms with Crippen LogP contribution in [0.1, 0.15) is 24.8 Å². The van der Waals surface area contributed by atoms with Gasteiger partial charge in [0, 0.05) is 22.8 Å². The average Bonchev–Trinajstić information content (AvgIpc) is 2.96. The van der Waals surface area contributed by atoms with Crippen molar-refractivity contribution in [3.05, 3.63) is 22.3 Å². The van der Waals surface area contributed by atoms with E-state index in [2.05, 4.69) is 31.5 Å². The van der Waals surface area contributed by atoms with Crippen molar-refractivity contribution < 1.29 is 4.79 Å². The van der Waals surface area contributed by atoms with Gasteiger partial charge in [-0.05, 0) is 53.7 Å². The van der Waals surface area contributed by atoms with Crippen molar-refractivity contribution in [2.24, 2.45) is 5.92 Å². The molecule has 96 valence electrons. The molecule has 4 nitrogen and oxygen atoms in total. The quantitative estimate of drug-likeness (QED) is 0.881. The number of anilines is 1. The molecule has 0 saturated carbocycles. The summed E-state index contributed by atoms with van der Waals surface area (Å²) in [7, 11) is 0. The molecule has 3 unspecified atom stereocenters. The highest BCUT2D eigenvalue weighted by atomic mass is 79.9. The minimum atomic E-state index is 0.101. The first-order valence-electron chi connectivity index (χ1n) is 6.32. The Morgan fingerprint density at radius 1 is 1.56 bits per heavy atom. The molecular weight excluding hydrogens is 294 g/mol. The highest BCUT2D eigenvalue weighted by Gasteiger charge is 2.42. The van der Waals surface area contributed by atoms with Crippen LogP contribution < -0.4 is 10.6 Å². The summed E-state index contributed by atoms with van der Waals surface area (Å²) < 4.78 is 0.960. The van der Waals surface area contributed by atoms with Crippen LogP contribution in [0.2, 0.25) is 0 Å². The number of nitrogens with one attached hydrogen (secondary N) is 2. The molecule has 3 atom stereocenters. The maximum Gasteiger partial charge on any atom is 0.230 e. The third-order valence-electron chi connectivity index (χ3n) is 3.94. The van der Waals surface area contributed by atoms with Crippen LogP contribution in [0.15, 0.2) is 16.7 Å². The Kier molecular flexibility index (Phi) is 3.11. The van der Waals surface area contributed by atoms with E-state index in [1.165, 1.54) is 6.42 Å². The number of rotatable bonds is 2. The molecular formula is C13H16BrN3O. The predicted octanol–water partition coefficient (Wildman–Crippen LogP) is 2.23. The summed E-state index contributed by atoms with van der Waals surface area (Å²) in [4.78, 5) is 16.4. The molecule has 1 amide bonds.